The Morgan fingerprint density at radius 2 is 2.05 bits per heavy atom. The SMILES string of the molecule is COC(=O)CC[C@@H](NC(=O)c1cccc(N)c1C)C(=O)O. The van der Waals surface area contributed by atoms with Crippen molar-refractivity contribution in [3.63, 3.8) is 0 Å². The van der Waals surface area contributed by atoms with Crippen LogP contribution in [0, 0.1) is 6.92 Å². The largest absolute Gasteiger partial charge is 0.480 e. The highest BCUT2D eigenvalue weighted by atomic mass is 16.5. The minimum absolute atomic E-state index is 0.0465. The molecule has 0 aliphatic heterocycles. The second-order valence-electron chi connectivity index (χ2n) is 4.50. The molecule has 0 saturated carbocycles. The van der Waals surface area contributed by atoms with Crippen molar-refractivity contribution in [3.8, 4) is 0 Å². The normalized spacial score (nSPS) is 11.5. The molecule has 21 heavy (non-hydrogen) atoms. The summed E-state index contributed by atoms with van der Waals surface area (Å²) in [6, 6.07) is 3.65. The summed E-state index contributed by atoms with van der Waals surface area (Å²) in [5.74, 6) is -2.29. The van der Waals surface area contributed by atoms with Gasteiger partial charge in [0, 0.05) is 17.7 Å². The Morgan fingerprint density at radius 1 is 1.38 bits per heavy atom. The molecule has 1 amide bonds. The number of ether oxygens (including phenoxy) is 1. The Hall–Kier alpha value is -2.57. The van der Waals surface area contributed by atoms with Crippen molar-refractivity contribution in [1.29, 1.82) is 0 Å². The van der Waals surface area contributed by atoms with E-state index in [1.54, 1.807) is 25.1 Å². The molecular formula is C14H18N2O5. The number of nitrogen functional groups attached to an aromatic ring is 1. The lowest BCUT2D eigenvalue weighted by Crippen LogP contribution is -2.41. The number of aliphatic carboxylic acids is 1. The summed E-state index contributed by atoms with van der Waals surface area (Å²) in [5.41, 5.74) is 7.04. The van der Waals surface area contributed by atoms with E-state index in [0.29, 0.717) is 16.8 Å². The Balaban J connectivity index is 2.79. The van der Waals surface area contributed by atoms with Gasteiger partial charge in [-0.3, -0.25) is 9.59 Å². The average molecular weight is 294 g/mol. The minimum atomic E-state index is -1.21. The number of amides is 1. The van der Waals surface area contributed by atoms with Gasteiger partial charge in [-0.25, -0.2) is 4.79 Å². The second kappa shape index (κ2) is 7.28. The first kappa shape index (κ1) is 16.5. The quantitative estimate of drug-likeness (QED) is 0.525. The third kappa shape index (κ3) is 4.48. The molecule has 0 fully saturated rings. The van der Waals surface area contributed by atoms with Crippen LogP contribution >= 0.6 is 0 Å². The van der Waals surface area contributed by atoms with E-state index in [4.69, 9.17) is 10.8 Å². The molecule has 0 heterocycles. The molecule has 0 unspecified atom stereocenters. The van der Waals surface area contributed by atoms with Crippen LogP contribution < -0.4 is 11.1 Å². The molecule has 1 atom stereocenters. The zero-order valence-electron chi connectivity index (χ0n) is 11.9. The number of hydrogen-bond acceptors (Lipinski definition) is 5. The maximum absolute atomic E-state index is 12.1. The Morgan fingerprint density at radius 3 is 2.62 bits per heavy atom. The van der Waals surface area contributed by atoms with Crippen LogP contribution in [0.5, 0.6) is 0 Å². The summed E-state index contributed by atoms with van der Waals surface area (Å²) in [6.45, 7) is 1.68. The predicted molar refractivity (Wildman–Crippen MR) is 75.7 cm³/mol. The highest BCUT2D eigenvalue weighted by molar-refractivity contribution is 5.98. The molecule has 0 saturated heterocycles. The van der Waals surface area contributed by atoms with Crippen LogP contribution in [0.1, 0.15) is 28.8 Å². The fourth-order valence-corrected chi connectivity index (χ4v) is 1.76. The van der Waals surface area contributed by atoms with Crippen LogP contribution in [0.15, 0.2) is 18.2 Å². The molecule has 0 spiro atoms. The van der Waals surface area contributed by atoms with Gasteiger partial charge in [0.25, 0.3) is 5.91 Å². The number of nitrogens with one attached hydrogen (secondary N) is 1. The van der Waals surface area contributed by atoms with Crippen molar-refractivity contribution >= 4 is 23.5 Å². The summed E-state index contributed by atoms with van der Waals surface area (Å²) in [6.07, 6.45) is -0.140. The standard InChI is InChI=1S/C14H18N2O5/c1-8-9(4-3-5-10(8)15)13(18)16-11(14(19)20)6-7-12(17)21-2/h3-5,11H,6-7,15H2,1-2H3,(H,16,18)(H,19,20)/t11-/m1/s1. The average Bonchev–Trinajstić information content (AvgIpc) is 2.45. The number of methoxy groups -OCH3 is 1. The van der Waals surface area contributed by atoms with E-state index in [2.05, 4.69) is 10.1 Å². The fourth-order valence-electron chi connectivity index (χ4n) is 1.76. The summed E-state index contributed by atoms with van der Waals surface area (Å²) < 4.78 is 4.44. The van der Waals surface area contributed by atoms with Crippen molar-refractivity contribution in [2.24, 2.45) is 0 Å². The molecule has 0 aliphatic carbocycles. The maximum Gasteiger partial charge on any atom is 0.326 e. The van der Waals surface area contributed by atoms with E-state index < -0.39 is 23.9 Å². The number of benzene rings is 1. The van der Waals surface area contributed by atoms with Crippen LogP contribution in [0.25, 0.3) is 0 Å². The first-order chi connectivity index (χ1) is 9.86. The smallest absolute Gasteiger partial charge is 0.326 e. The number of carboxylic acid groups (broad SMARTS) is 1. The minimum Gasteiger partial charge on any atom is -0.480 e. The molecule has 1 aromatic rings. The summed E-state index contributed by atoms with van der Waals surface area (Å²) in [5, 5.41) is 11.5. The van der Waals surface area contributed by atoms with Crippen LogP contribution in [-0.2, 0) is 14.3 Å². The Bertz CT molecular complexity index is 556. The van der Waals surface area contributed by atoms with E-state index in [-0.39, 0.29) is 12.8 Å². The number of carboxylic acids is 1. The lowest BCUT2D eigenvalue weighted by atomic mass is 10.1. The molecule has 1 rings (SSSR count). The highest BCUT2D eigenvalue weighted by Gasteiger charge is 2.22. The Labute approximate surface area is 122 Å². The first-order valence-corrected chi connectivity index (χ1v) is 6.32. The van der Waals surface area contributed by atoms with Crippen LogP contribution in [0.2, 0.25) is 0 Å². The number of carbonyl (C=O) groups is 3. The summed E-state index contributed by atoms with van der Waals surface area (Å²) in [7, 11) is 1.22. The van der Waals surface area contributed by atoms with E-state index >= 15 is 0 Å². The maximum atomic E-state index is 12.1. The molecule has 4 N–H and O–H groups in total. The fraction of sp³-hybridized carbons (Fsp3) is 0.357. The van der Waals surface area contributed by atoms with Gasteiger partial charge < -0.3 is 20.9 Å². The van der Waals surface area contributed by atoms with E-state index in [9.17, 15) is 14.4 Å². The number of carbonyl (C=O) groups excluding carboxylic acids is 2. The van der Waals surface area contributed by atoms with E-state index in [1.807, 2.05) is 0 Å². The molecule has 0 bridgehead atoms. The lowest BCUT2D eigenvalue weighted by molar-refractivity contribution is -0.142. The van der Waals surface area contributed by atoms with Crippen LogP contribution in [-0.4, -0.2) is 36.1 Å². The van der Waals surface area contributed by atoms with Gasteiger partial charge in [0.2, 0.25) is 0 Å². The molecule has 0 aromatic heterocycles. The monoisotopic (exact) mass is 294 g/mol. The molecule has 0 radical (unpaired) electrons. The van der Waals surface area contributed by atoms with Gasteiger partial charge in [-0.15, -0.1) is 0 Å². The topological polar surface area (TPSA) is 119 Å². The van der Waals surface area contributed by atoms with Crippen molar-refractivity contribution in [2.45, 2.75) is 25.8 Å². The van der Waals surface area contributed by atoms with Crippen molar-refractivity contribution in [3.05, 3.63) is 29.3 Å². The van der Waals surface area contributed by atoms with Gasteiger partial charge in [0.1, 0.15) is 6.04 Å². The third-order valence-electron chi connectivity index (χ3n) is 3.09. The van der Waals surface area contributed by atoms with Crippen LogP contribution in [0.3, 0.4) is 0 Å². The van der Waals surface area contributed by atoms with Crippen LogP contribution in [0.4, 0.5) is 5.69 Å². The zero-order chi connectivity index (χ0) is 16.0. The predicted octanol–water partition coefficient (Wildman–Crippen LogP) is 0.713. The molecule has 7 heteroatoms. The van der Waals surface area contributed by atoms with Crippen molar-refractivity contribution in [2.75, 3.05) is 12.8 Å². The summed E-state index contributed by atoms with van der Waals surface area (Å²) in [4.78, 5) is 34.3. The first-order valence-electron chi connectivity index (χ1n) is 6.32. The van der Waals surface area contributed by atoms with Crippen molar-refractivity contribution in [1.82, 2.24) is 5.32 Å². The van der Waals surface area contributed by atoms with Gasteiger partial charge in [-0.1, -0.05) is 6.07 Å². The number of anilines is 1. The molecule has 114 valence electrons. The van der Waals surface area contributed by atoms with E-state index in [1.165, 1.54) is 7.11 Å². The second-order valence-corrected chi connectivity index (χ2v) is 4.50. The number of nitrogens with two attached hydrogens (primary N) is 1. The zero-order valence-corrected chi connectivity index (χ0v) is 11.9. The van der Waals surface area contributed by atoms with Gasteiger partial charge in [-0.05, 0) is 31.0 Å². The molecule has 0 aliphatic rings. The van der Waals surface area contributed by atoms with Gasteiger partial charge in [0.05, 0.1) is 7.11 Å². The Kier molecular flexibility index (Phi) is 5.71. The highest BCUT2D eigenvalue weighted by Crippen LogP contribution is 2.15. The number of hydrogen-bond donors (Lipinski definition) is 3. The van der Waals surface area contributed by atoms with Gasteiger partial charge in [-0.2, -0.15) is 0 Å². The molecule has 1 aromatic carbocycles. The van der Waals surface area contributed by atoms with Gasteiger partial charge >= 0.3 is 11.9 Å². The lowest BCUT2D eigenvalue weighted by Gasteiger charge is -2.15. The van der Waals surface area contributed by atoms with E-state index in [0.717, 1.165) is 0 Å². The van der Waals surface area contributed by atoms with Crippen molar-refractivity contribution < 1.29 is 24.2 Å². The number of rotatable bonds is 6. The molecule has 7 nitrogen and oxygen atoms in total. The third-order valence-corrected chi connectivity index (χ3v) is 3.09. The number of esters is 1. The summed E-state index contributed by atoms with van der Waals surface area (Å²) >= 11 is 0. The molecular weight excluding hydrogens is 276 g/mol. The van der Waals surface area contributed by atoms with Gasteiger partial charge in [0.15, 0.2) is 0 Å².